The summed E-state index contributed by atoms with van der Waals surface area (Å²) in [4.78, 5) is 0. The summed E-state index contributed by atoms with van der Waals surface area (Å²) < 4.78 is 48.8. The van der Waals surface area contributed by atoms with Crippen LogP contribution in [0.3, 0.4) is 0 Å². The standard InChI is InChI=1S/C48H30N2S/c1-2-12-31(13-3-1)32-14-10-15-33(28-32)34-24-27-46-40(29-34)48-44(22-11-23-47(48)51-46)50-43-21-9-6-18-38(43)39-26-25-35(30-45(39)50)49-41-19-7-4-16-36(41)37-17-5-8-20-42(37)49/h1-30H/i1D,2D,3D,12D,13D. The molecule has 0 bridgehead atoms. The monoisotopic (exact) mass is 671 g/mol. The lowest BCUT2D eigenvalue weighted by atomic mass is 9.98. The van der Waals surface area contributed by atoms with Gasteiger partial charge in [0.05, 0.1) is 34.6 Å². The molecule has 0 radical (unpaired) electrons. The number of rotatable bonds is 4. The first kappa shape index (κ1) is 23.9. The molecule has 8 aromatic carbocycles. The summed E-state index contributed by atoms with van der Waals surface area (Å²) >= 11 is 1.77. The topological polar surface area (TPSA) is 9.86 Å². The predicted molar refractivity (Wildman–Crippen MR) is 219 cm³/mol. The van der Waals surface area contributed by atoms with E-state index in [1.165, 1.54) is 47.4 Å². The lowest BCUT2D eigenvalue weighted by Gasteiger charge is -2.13. The van der Waals surface area contributed by atoms with Crippen LogP contribution in [-0.2, 0) is 0 Å². The molecule has 0 aliphatic carbocycles. The summed E-state index contributed by atoms with van der Waals surface area (Å²) in [6.45, 7) is 0. The first-order valence-corrected chi connectivity index (χ1v) is 17.8. The Bertz CT molecular complexity index is 3360. The zero-order valence-corrected chi connectivity index (χ0v) is 28.1. The highest BCUT2D eigenvalue weighted by atomic mass is 32.1. The van der Waals surface area contributed by atoms with Crippen LogP contribution in [0, 0.1) is 0 Å². The zero-order chi connectivity index (χ0) is 37.8. The minimum absolute atomic E-state index is 0.203. The van der Waals surface area contributed by atoms with Crippen LogP contribution in [0.1, 0.15) is 6.85 Å². The van der Waals surface area contributed by atoms with E-state index in [0.717, 1.165) is 38.9 Å². The van der Waals surface area contributed by atoms with Crippen LogP contribution < -0.4 is 0 Å². The van der Waals surface area contributed by atoms with Crippen molar-refractivity contribution in [3.8, 4) is 33.6 Å². The molecule has 3 aromatic heterocycles. The molecule has 3 heterocycles. The van der Waals surface area contributed by atoms with Gasteiger partial charge in [-0.2, -0.15) is 0 Å². The zero-order valence-electron chi connectivity index (χ0n) is 32.2. The van der Waals surface area contributed by atoms with Crippen molar-refractivity contribution in [1.82, 2.24) is 9.13 Å². The number of nitrogens with zero attached hydrogens (tertiary/aromatic N) is 2. The average molecular weight is 672 g/mol. The maximum atomic E-state index is 8.58. The van der Waals surface area contributed by atoms with Gasteiger partial charge in [0.25, 0.3) is 0 Å². The Morgan fingerprint density at radius 1 is 0.392 bits per heavy atom. The van der Waals surface area contributed by atoms with Gasteiger partial charge >= 0.3 is 0 Å². The van der Waals surface area contributed by atoms with Gasteiger partial charge in [-0.15, -0.1) is 11.3 Å². The normalized spacial score (nSPS) is 13.3. The van der Waals surface area contributed by atoms with Gasteiger partial charge in [0, 0.05) is 47.4 Å². The van der Waals surface area contributed by atoms with Gasteiger partial charge in [-0.25, -0.2) is 0 Å². The van der Waals surface area contributed by atoms with Crippen molar-refractivity contribution in [3.05, 3.63) is 182 Å². The smallest absolute Gasteiger partial charge is 0.0629 e. The Balaban J connectivity index is 1.14. The number of aromatic nitrogens is 2. The molecule has 0 aliphatic heterocycles. The predicted octanol–water partition coefficient (Wildman–Crippen LogP) is 13.6. The molecule has 0 spiro atoms. The van der Waals surface area contributed by atoms with E-state index in [-0.39, 0.29) is 29.7 Å². The molecule has 3 heteroatoms. The summed E-state index contributed by atoms with van der Waals surface area (Å²) in [6, 6.07) is 51.9. The van der Waals surface area contributed by atoms with Crippen molar-refractivity contribution in [2.45, 2.75) is 0 Å². The quantitative estimate of drug-likeness (QED) is 0.176. The second kappa shape index (κ2) is 11.0. The van der Waals surface area contributed by atoms with Gasteiger partial charge in [0.15, 0.2) is 0 Å². The largest absolute Gasteiger partial charge is 0.309 e. The Kier molecular flexibility index (Phi) is 5.17. The highest BCUT2D eigenvalue weighted by molar-refractivity contribution is 7.25. The van der Waals surface area contributed by atoms with Crippen LogP contribution in [0.4, 0.5) is 0 Å². The molecule has 0 amide bonds. The molecule has 51 heavy (non-hydrogen) atoms. The van der Waals surface area contributed by atoms with Gasteiger partial charge < -0.3 is 9.13 Å². The maximum absolute atomic E-state index is 8.58. The summed E-state index contributed by atoms with van der Waals surface area (Å²) in [7, 11) is 0. The van der Waals surface area contributed by atoms with Gasteiger partial charge in [0.1, 0.15) is 0 Å². The molecule has 11 rings (SSSR count). The molecule has 0 aliphatic rings. The Labute approximate surface area is 305 Å². The lowest BCUT2D eigenvalue weighted by molar-refractivity contribution is 1.16. The SMILES string of the molecule is [2H]c1c([2H])c([2H])c(-c2cccc(-c3ccc4sc5cccc(-n6c7ccccc7c7ccc(-n8c9ccccc9c9ccccc98)cc76)c5c4c3)c2)c([2H])c1[2H]. The summed E-state index contributed by atoms with van der Waals surface area (Å²) in [5.74, 6) is 0. The van der Waals surface area contributed by atoms with E-state index in [1.807, 2.05) is 24.3 Å². The third kappa shape index (κ3) is 4.29. The van der Waals surface area contributed by atoms with Gasteiger partial charge in [-0.05, 0) is 82.9 Å². The van der Waals surface area contributed by atoms with Crippen LogP contribution in [0.25, 0.3) is 97.4 Å². The molecule has 238 valence electrons. The summed E-state index contributed by atoms with van der Waals surface area (Å²) in [5.41, 5.74) is 9.48. The molecule has 0 saturated carbocycles. The number of hydrogen-bond acceptors (Lipinski definition) is 1. The van der Waals surface area contributed by atoms with Gasteiger partial charge in [-0.3, -0.25) is 0 Å². The first-order valence-electron chi connectivity index (χ1n) is 19.5. The van der Waals surface area contributed by atoms with Crippen molar-refractivity contribution >= 4 is 75.1 Å². The second-order valence-electron chi connectivity index (χ2n) is 13.0. The number of para-hydroxylation sites is 3. The third-order valence-corrected chi connectivity index (χ3v) is 11.3. The van der Waals surface area contributed by atoms with E-state index in [9.17, 15) is 0 Å². The van der Waals surface area contributed by atoms with E-state index in [4.69, 9.17) is 6.85 Å². The highest BCUT2D eigenvalue weighted by Gasteiger charge is 2.19. The molecule has 0 unspecified atom stereocenters. The fraction of sp³-hybridized carbons (Fsp3) is 0. The van der Waals surface area contributed by atoms with E-state index in [0.29, 0.717) is 5.56 Å². The van der Waals surface area contributed by atoms with E-state index in [2.05, 4.69) is 137 Å². The third-order valence-electron chi connectivity index (χ3n) is 10.2. The minimum atomic E-state index is -0.392. The first-order chi connectivity index (χ1) is 27.4. The molecular weight excluding hydrogens is 637 g/mol. The molecule has 11 aromatic rings. The molecule has 0 atom stereocenters. The fourth-order valence-electron chi connectivity index (χ4n) is 7.98. The average Bonchev–Trinajstić information content (AvgIpc) is 3.89. The summed E-state index contributed by atoms with van der Waals surface area (Å²) in [5, 5.41) is 7.14. The lowest BCUT2D eigenvalue weighted by Crippen LogP contribution is -1.97. The van der Waals surface area contributed by atoms with E-state index >= 15 is 0 Å². The number of benzene rings is 8. The van der Waals surface area contributed by atoms with Gasteiger partial charge in [0.2, 0.25) is 0 Å². The van der Waals surface area contributed by atoms with E-state index < -0.39 is 6.04 Å². The highest BCUT2D eigenvalue weighted by Crippen LogP contribution is 2.43. The second-order valence-corrected chi connectivity index (χ2v) is 14.1. The molecular formula is C48H30N2S. The Hall–Kier alpha value is -6.42. The van der Waals surface area contributed by atoms with Gasteiger partial charge in [-0.1, -0.05) is 121 Å². The number of hydrogen-bond donors (Lipinski definition) is 0. The maximum Gasteiger partial charge on any atom is 0.0629 e. The molecule has 2 nitrogen and oxygen atoms in total. The number of fused-ring (bicyclic) bond motifs is 9. The van der Waals surface area contributed by atoms with Crippen molar-refractivity contribution in [2.24, 2.45) is 0 Å². The van der Waals surface area contributed by atoms with Crippen LogP contribution in [0.2, 0.25) is 0 Å². The Morgan fingerprint density at radius 3 is 1.73 bits per heavy atom. The van der Waals surface area contributed by atoms with Crippen molar-refractivity contribution in [1.29, 1.82) is 0 Å². The van der Waals surface area contributed by atoms with Crippen LogP contribution in [0.15, 0.2) is 182 Å². The van der Waals surface area contributed by atoms with Crippen LogP contribution >= 0.6 is 11.3 Å². The van der Waals surface area contributed by atoms with Crippen molar-refractivity contribution in [3.63, 3.8) is 0 Å². The summed E-state index contributed by atoms with van der Waals surface area (Å²) in [6.07, 6.45) is 0. The van der Waals surface area contributed by atoms with E-state index in [1.54, 1.807) is 11.3 Å². The van der Waals surface area contributed by atoms with Crippen LogP contribution in [0.5, 0.6) is 0 Å². The number of thiophene rings is 1. The van der Waals surface area contributed by atoms with Crippen LogP contribution in [-0.4, -0.2) is 9.13 Å². The molecule has 0 saturated heterocycles. The minimum Gasteiger partial charge on any atom is -0.309 e. The fourth-order valence-corrected chi connectivity index (χ4v) is 9.09. The van der Waals surface area contributed by atoms with Crippen molar-refractivity contribution in [2.75, 3.05) is 0 Å². The molecule has 0 fully saturated rings. The molecule has 0 N–H and O–H groups in total. The van der Waals surface area contributed by atoms with Crippen molar-refractivity contribution < 1.29 is 6.85 Å². The Morgan fingerprint density at radius 2 is 1.00 bits per heavy atom.